The molecule has 23 heavy (non-hydrogen) atoms. The maximum Gasteiger partial charge on any atom is 0.119 e. The van der Waals surface area contributed by atoms with Crippen LogP contribution in [0, 0.1) is 0 Å². The Morgan fingerprint density at radius 2 is 1.74 bits per heavy atom. The average molecular weight is 307 g/mol. The summed E-state index contributed by atoms with van der Waals surface area (Å²) >= 11 is 0. The lowest BCUT2D eigenvalue weighted by Crippen LogP contribution is -2.05. The molecule has 4 heteroatoms. The van der Waals surface area contributed by atoms with E-state index in [-0.39, 0.29) is 0 Å². The molecule has 0 atom stereocenters. The summed E-state index contributed by atoms with van der Waals surface area (Å²) in [5.41, 5.74) is 8.93. The highest BCUT2D eigenvalue weighted by Gasteiger charge is 2.03. The van der Waals surface area contributed by atoms with Gasteiger partial charge in [-0.3, -0.25) is 4.68 Å². The minimum atomic E-state index is 0.581. The summed E-state index contributed by atoms with van der Waals surface area (Å²) in [5, 5.41) is 4.36. The number of benzene rings is 2. The second kappa shape index (κ2) is 7.61. The minimum absolute atomic E-state index is 0.581. The predicted octanol–water partition coefficient (Wildman–Crippen LogP) is 3.48. The fraction of sp³-hybridized carbons (Fsp3) is 0.211. The summed E-state index contributed by atoms with van der Waals surface area (Å²) in [6.45, 7) is 2.12. The van der Waals surface area contributed by atoms with Crippen molar-refractivity contribution in [2.24, 2.45) is 5.73 Å². The van der Waals surface area contributed by atoms with Gasteiger partial charge in [0.15, 0.2) is 0 Å². The summed E-state index contributed by atoms with van der Waals surface area (Å²) in [6, 6.07) is 18.3. The van der Waals surface area contributed by atoms with Gasteiger partial charge in [0.2, 0.25) is 0 Å². The van der Waals surface area contributed by atoms with Gasteiger partial charge in [-0.1, -0.05) is 42.5 Å². The van der Waals surface area contributed by atoms with Gasteiger partial charge in [-0.2, -0.15) is 5.10 Å². The zero-order valence-corrected chi connectivity index (χ0v) is 13.1. The number of ether oxygens (including phenoxy) is 1. The number of aromatic nitrogens is 2. The van der Waals surface area contributed by atoms with Gasteiger partial charge in [0.05, 0.1) is 6.20 Å². The molecule has 0 saturated carbocycles. The topological polar surface area (TPSA) is 53.1 Å². The van der Waals surface area contributed by atoms with E-state index in [0.717, 1.165) is 35.4 Å². The van der Waals surface area contributed by atoms with Crippen molar-refractivity contribution in [2.45, 2.75) is 19.6 Å². The van der Waals surface area contributed by atoms with Crippen LogP contribution in [0.15, 0.2) is 67.0 Å². The fourth-order valence-corrected chi connectivity index (χ4v) is 2.37. The monoisotopic (exact) mass is 307 g/mol. The third-order valence-corrected chi connectivity index (χ3v) is 3.66. The van der Waals surface area contributed by atoms with Crippen molar-refractivity contribution in [3.8, 4) is 16.9 Å². The maximum atomic E-state index is 5.81. The van der Waals surface area contributed by atoms with E-state index < -0.39 is 0 Å². The first-order valence-corrected chi connectivity index (χ1v) is 7.85. The van der Waals surface area contributed by atoms with E-state index in [1.807, 2.05) is 41.2 Å². The molecule has 2 aromatic carbocycles. The molecule has 0 saturated heterocycles. The largest absolute Gasteiger partial charge is 0.489 e. The molecule has 0 amide bonds. The van der Waals surface area contributed by atoms with Gasteiger partial charge in [-0.15, -0.1) is 0 Å². The van der Waals surface area contributed by atoms with Crippen molar-refractivity contribution in [1.29, 1.82) is 0 Å². The quantitative estimate of drug-likeness (QED) is 0.727. The lowest BCUT2D eigenvalue weighted by molar-refractivity contribution is 0.306. The normalized spacial score (nSPS) is 10.7. The van der Waals surface area contributed by atoms with Gasteiger partial charge in [-0.05, 0) is 36.2 Å². The Morgan fingerprint density at radius 3 is 2.48 bits per heavy atom. The molecule has 0 spiro atoms. The van der Waals surface area contributed by atoms with Crippen LogP contribution in [0.25, 0.3) is 11.1 Å². The van der Waals surface area contributed by atoms with E-state index in [9.17, 15) is 0 Å². The molecule has 3 rings (SSSR count). The van der Waals surface area contributed by atoms with Gasteiger partial charge < -0.3 is 10.5 Å². The molecular weight excluding hydrogens is 286 g/mol. The first-order valence-electron chi connectivity index (χ1n) is 7.85. The van der Waals surface area contributed by atoms with E-state index in [1.165, 1.54) is 0 Å². The summed E-state index contributed by atoms with van der Waals surface area (Å²) < 4.78 is 7.74. The minimum Gasteiger partial charge on any atom is -0.489 e. The SMILES string of the molecule is NCCCn1cc(-c2ccc(OCc3ccccc3)cc2)cn1. The second-order valence-corrected chi connectivity index (χ2v) is 5.43. The second-order valence-electron chi connectivity index (χ2n) is 5.43. The van der Waals surface area contributed by atoms with E-state index in [4.69, 9.17) is 10.5 Å². The summed E-state index contributed by atoms with van der Waals surface area (Å²) in [5.74, 6) is 0.869. The predicted molar refractivity (Wildman–Crippen MR) is 92.1 cm³/mol. The molecule has 0 aliphatic heterocycles. The molecule has 0 aliphatic carbocycles. The van der Waals surface area contributed by atoms with Gasteiger partial charge in [0.1, 0.15) is 12.4 Å². The maximum absolute atomic E-state index is 5.81. The van der Waals surface area contributed by atoms with Crippen LogP contribution in [0.1, 0.15) is 12.0 Å². The number of aryl methyl sites for hydroxylation is 1. The molecular formula is C19H21N3O. The third kappa shape index (κ3) is 4.20. The number of rotatable bonds is 7. The average Bonchev–Trinajstić information content (AvgIpc) is 3.08. The van der Waals surface area contributed by atoms with E-state index in [1.54, 1.807) is 0 Å². The molecule has 2 N–H and O–H groups in total. The number of hydrogen-bond acceptors (Lipinski definition) is 3. The van der Waals surface area contributed by atoms with Crippen LogP contribution in [0.5, 0.6) is 5.75 Å². The van der Waals surface area contributed by atoms with Crippen LogP contribution in [-0.4, -0.2) is 16.3 Å². The van der Waals surface area contributed by atoms with Crippen LogP contribution in [0.3, 0.4) is 0 Å². The van der Waals surface area contributed by atoms with Crippen LogP contribution < -0.4 is 10.5 Å². The first kappa shape index (κ1) is 15.3. The van der Waals surface area contributed by atoms with Gasteiger partial charge in [-0.25, -0.2) is 0 Å². The molecule has 1 heterocycles. The van der Waals surface area contributed by atoms with Crippen molar-refractivity contribution >= 4 is 0 Å². The molecule has 3 aromatic rings. The number of nitrogens with zero attached hydrogens (tertiary/aromatic N) is 2. The number of hydrogen-bond donors (Lipinski definition) is 1. The molecule has 0 aliphatic rings. The molecule has 1 aromatic heterocycles. The zero-order valence-electron chi connectivity index (χ0n) is 13.1. The smallest absolute Gasteiger partial charge is 0.119 e. The first-order chi connectivity index (χ1) is 11.3. The van der Waals surface area contributed by atoms with E-state index in [2.05, 4.69) is 35.6 Å². The van der Waals surface area contributed by atoms with Gasteiger partial charge in [0.25, 0.3) is 0 Å². The molecule has 0 bridgehead atoms. The van der Waals surface area contributed by atoms with Crippen molar-refractivity contribution in [3.05, 3.63) is 72.6 Å². The van der Waals surface area contributed by atoms with Crippen molar-refractivity contribution in [1.82, 2.24) is 9.78 Å². The van der Waals surface area contributed by atoms with Crippen molar-refractivity contribution in [3.63, 3.8) is 0 Å². The Kier molecular flexibility index (Phi) is 5.06. The Bertz CT molecular complexity index is 720. The van der Waals surface area contributed by atoms with Crippen molar-refractivity contribution < 1.29 is 4.74 Å². The van der Waals surface area contributed by atoms with Crippen molar-refractivity contribution in [2.75, 3.05) is 6.54 Å². The lowest BCUT2D eigenvalue weighted by atomic mass is 10.1. The van der Waals surface area contributed by atoms with Crippen LogP contribution >= 0.6 is 0 Å². The molecule has 118 valence electrons. The summed E-state index contributed by atoms with van der Waals surface area (Å²) in [6.07, 6.45) is 4.87. The zero-order chi connectivity index (χ0) is 15.9. The Balaban J connectivity index is 1.61. The Hall–Kier alpha value is -2.59. The lowest BCUT2D eigenvalue weighted by Gasteiger charge is -2.07. The highest BCUT2D eigenvalue weighted by molar-refractivity contribution is 5.62. The van der Waals surface area contributed by atoms with Crippen LogP contribution in [0.2, 0.25) is 0 Å². The van der Waals surface area contributed by atoms with Gasteiger partial charge >= 0.3 is 0 Å². The van der Waals surface area contributed by atoms with E-state index in [0.29, 0.717) is 13.2 Å². The fourth-order valence-electron chi connectivity index (χ4n) is 2.37. The van der Waals surface area contributed by atoms with Crippen LogP contribution in [-0.2, 0) is 13.2 Å². The standard InChI is InChI=1S/C19H21N3O/c20-11-4-12-22-14-18(13-21-22)17-7-9-19(10-8-17)23-15-16-5-2-1-3-6-16/h1-3,5-10,13-14H,4,11-12,15,20H2. The highest BCUT2D eigenvalue weighted by Crippen LogP contribution is 2.22. The molecule has 0 unspecified atom stereocenters. The van der Waals surface area contributed by atoms with E-state index >= 15 is 0 Å². The Labute approximate surface area is 136 Å². The summed E-state index contributed by atoms with van der Waals surface area (Å²) in [7, 11) is 0. The van der Waals surface area contributed by atoms with Gasteiger partial charge in [0, 0.05) is 18.3 Å². The summed E-state index contributed by atoms with van der Waals surface area (Å²) in [4.78, 5) is 0. The third-order valence-electron chi connectivity index (χ3n) is 3.66. The highest BCUT2D eigenvalue weighted by atomic mass is 16.5. The molecule has 0 radical (unpaired) electrons. The van der Waals surface area contributed by atoms with Crippen LogP contribution in [0.4, 0.5) is 0 Å². The molecule has 0 fully saturated rings. The molecule has 4 nitrogen and oxygen atoms in total. The Morgan fingerprint density at radius 1 is 0.957 bits per heavy atom. The number of nitrogens with two attached hydrogens (primary N) is 1.